The first kappa shape index (κ1) is 11.1. The molecule has 2 aromatic rings. The van der Waals surface area contributed by atoms with E-state index in [4.69, 9.17) is 0 Å². The second-order valence-electron chi connectivity index (χ2n) is 4.34. The van der Waals surface area contributed by atoms with E-state index >= 15 is 0 Å². The van der Waals surface area contributed by atoms with Crippen LogP contribution in [0.3, 0.4) is 0 Å². The lowest BCUT2D eigenvalue weighted by Gasteiger charge is -2.18. The molecule has 0 bridgehead atoms. The fraction of sp³-hybridized carbons (Fsp3) is 0.462. The summed E-state index contributed by atoms with van der Waals surface area (Å²) in [5.74, 6) is 0. The SMILES string of the molecule is CCC(C)NC(C)c1c[nH]c2ncccc12. The summed E-state index contributed by atoms with van der Waals surface area (Å²) in [6.45, 7) is 6.60. The molecule has 16 heavy (non-hydrogen) atoms. The van der Waals surface area contributed by atoms with Gasteiger partial charge in [-0.25, -0.2) is 4.98 Å². The first-order valence-corrected chi connectivity index (χ1v) is 5.90. The van der Waals surface area contributed by atoms with Gasteiger partial charge in [0.15, 0.2) is 0 Å². The Bertz CT molecular complexity index is 461. The summed E-state index contributed by atoms with van der Waals surface area (Å²) in [7, 11) is 0. The van der Waals surface area contributed by atoms with Gasteiger partial charge in [0, 0.05) is 29.9 Å². The summed E-state index contributed by atoms with van der Waals surface area (Å²) in [6, 6.07) is 4.99. The van der Waals surface area contributed by atoms with E-state index in [1.54, 1.807) is 0 Å². The molecule has 2 aromatic heterocycles. The summed E-state index contributed by atoms with van der Waals surface area (Å²) < 4.78 is 0. The fourth-order valence-electron chi connectivity index (χ4n) is 1.97. The van der Waals surface area contributed by atoms with Crippen LogP contribution in [0.1, 0.15) is 38.8 Å². The molecule has 0 amide bonds. The molecule has 2 unspecified atom stereocenters. The van der Waals surface area contributed by atoms with Crippen molar-refractivity contribution in [2.75, 3.05) is 0 Å². The molecule has 0 fully saturated rings. The number of aromatic nitrogens is 2. The number of nitrogens with zero attached hydrogens (tertiary/aromatic N) is 1. The number of nitrogens with one attached hydrogen (secondary N) is 2. The van der Waals surface area contributed by atoms with E-state index in [0.717, 1.165) is 12.1 Å². The van der Waals surface area contributed by atoms with Crippen LogP contribution in [-0.4, -0.2) is 16.0 Å². The monoisotopic (exact) mass is 217 g/mol. The number of pyridine rings is 1. The second-order valence-corrected chi connectivity index (χ2v) is 4.34. The van der Waals surface area contributed by atoms with Crippen LogP contribution in [0.4, 0.5) is 0 Å². The van der Waals surface area contributed by atoms with Crippen LogP contribution >= 0.6 is 0 Å². The van der Waals surface area contributed by atoms with E-state index < -0.39 is 0 Å². The maximum absolute atomic E-state index is 4.30. The molecule has 3 heteroatoms. The summed E-state index contributed by atoms with van der Waals surface area (Å²) >= 11 is 0. The zero-order valence-corrected chi connectivity index (χ0v) is 10.1. The van der Waals surface area contributed by atoms with E-state index in [2.05, 4.69) is 48.3 Å². The molecule has 0 aliphatic carbocycles. The Kier molecular flexibility index (Phi) is 3.25. The van der Waals surface area contributed by atoms with E-state index in [0.29, 0.717) is 12.1 Å². The Morgan fingerprint density at radius 2 is 2.25 bits per heavy atom. The van der Waals surface area contributed by atoms with Crippen molar-refractivity contribution in [3.05, 3.63) is 30.1 Å². The zero-order chi connectivity index (χ0) is 11.5. The van der Waals surface area contributed by atoms with Crippen LogP contribution in [0.2, 0.25) is 0 Å². The third kappa shape index (κ3) is 2.09. The van der Waals surface area contributed by atoms with Crippen LogP contribution in [0.5, 0.6) is 0 Å². The Balaban J connectivity index is 2.26. The maximum atomic E-state index is 4.30. The number of H-pyrrole nitrogens is 1. The second kappa shape index (κ2) is 4.66. The van der Waals surface area contributed by atoms with Gasteiger partial charge in [0.1, 0.15) is 5.65 Å². The number of fused-ring (bicyclic) bond motifs is 1. The predicted molar refractivity (Wildman–Crippen MR) is 67.4 cm³/mol. The van der Waals surface area contributed by atoms with Crippen molar-refractivity contribution in [2.24, 2.45) is 0 Å². The molecule has 3 nitrogen and oxygen atoms in total. The molecule has 0 radical (unpaired) electrons. The van der Waals surface area contributed by atoms with Gasteiger partial charge in [-0.3, -0.25) is 0 Å². The summed E-state index contributed by atoms with van der Waals surface area (Å²) in [4.78, 5) is 7.51. The van der Waals surface area contributed by atoms with E-state index in [9.17, 15) is 0 Å². The molecule has 2 rings (SSSR count). The van der Waals surface area contributed by atoms with Gasteiger partial charge in [0.2, 0.25) is 0 Å². The number of aromatic amines is 1. The van der Waals surface area contributed by atoms with Crippen molar-refractivity contribution in [3.8, 4) is 0 Å². The lowest BCUT2D eigenvalue weighted by molar-refractivity contribution is 0.471. The van der Waals surface area contributed by atoms with Gasteiger partial charge < -0.3 is 10.3 Å². The van der Waals surface area contributed by atoms with Crippen molar-refractivity contribution in [1.29, 1.82) is 0 Å². The Morgan fingerprint density at radius 1 is 1.44 bits per heavy atom. The topological polar surface area (TPSA) is 40.7 Å². The summed E-state index contributed by atoms with van der Waals surface area (Å²) in [5.41, 5.74) is 2.26. The molecule has 0 aromatic carbocycles. The highest BCUT2D eigenvalue weighted by molar-refractivity contribution is 5.79. The average Bonchev–Trinajstić information content (AvgIpc) is 2.72. The van der Waals surface area contributed by atoms with Crippen molar-refractivity contribution in [1.82, 2.24) is 15.3 Å². The van der Waals surface area contributed by atoms with Gasteiger partial charge in [-0.1, -0.05) is 6.92 Å². The van der Waals surface area contributed by atoms with Crippen LogP contribution in [-0.2, 0) is 0 Å². The number of hydrogen-bond donors (Lipinski definition) is 2. The predicted octanol–water partition coefficient (Wildman–Crippen LogP) is 3.01. The van der Waals surface area contributed by atoms with Gasteiger partial charge in [0.05, 0.1) is 0 Å². The van der Waals surface area contributed by atoms with Crippen LogP contribution in [0, 0.1) is 0 Å². The van der Waals surface area contributed by atoms with Crippen LogP contribution in [0.15, 0.2) is 24.5 Å². The quantitative estimate of drug-likeness (QED) is 0.826. The van der Waals surface area contributed by atoms with E-state index in [-0.39, 0.29) is 0 Å². The minimum absolute atomic E-state index is 0.355. The first-order valence-electron chi connectivity index (χ1n) is 5.90. The third-order valence-corrected chi connectivity index (χ3v) is 3.10. The Labute approximate surface area is 96.3 Å². The van der Waals surface area contributed by atoms with E-state index in [1.807, 2.05) is 12.3 Å². The normalized spacial score (nSPS) is 15.2. The van der Waals surface area contributed by atoms with E-state index in [1.165, 1.54) is 10.9 Å². The lowest BCUT2D eigenvalue weighted by Crippen LogP contribution is -2.28. The average molecular weight is 217 g/mol. The minimum Gasteiger partial charge on any atom is -0.346 e. The highest BCUT2D eigenvalue weighted by Crippen LogP contribution is 2.22. The summed E-state index contributed by atoms with van der Waals surface area (Å²) in [6.07, 6.45) is 5.01. The van der Waals surface area contributed by atoms with Crippen molar-refractivity contribution < 1.29 is 0 Å². The fourth-order valence-corrected chi connectivity index (χ4v) is 1.97. The van der Waals surface area contributed by atoms with Gasteiger partial charge >= 0.3 is 0 Å². The number of rotatable bonds is 4. The minimum atomic E-state index is 0.355. The van der Waals surface area contributed by atoms with Crippen LogP contribution < -0.4 is 5.32 Å². The lowest BCUT2D eigenvalue weighted by atomic mass is 10.1. The Morgan fingerprint density at radius 3 is 3.00 bits per heavy atom. The Hall–Kier alpha value is -1.35. The smallest absolute Gasteiger partial charge is 0.137 e. The molecule has 86 valence electrons. The molecule has 0 spiro atoms. The molecular weight excluding hydrogens is 198 g/mol. The molecule has 0 aliphatic heterocycles. The van der Waals surface area contributed by atoms with Crippen LogP contribution in [0.25, 0.3) is 11.0 Å². The highest BCUT2D eigenvalue weighted by Gasteiger charge is 2.12. The van der Waals surface area contributed by atoms with Gasteiger partial charge in [-0.2, -0.15) is 0 Å². The number of hydrogen-bond acceptors (Lipinski definition) is 2. The highest BCUT2D eigenvalue weighted by atomic mass is 14.9. The molecule has 0 saturated heterocycles. The molecule has 2 heterocycles. The van der Waals surface area contributed by atoms with Crippen molar-refractivity contribution >= 4 is 11.0 Å². The standard InChI is InChI=1S/C13H19N3/c1-4-9(2)16-10(3)12-8-15-13-11(12)6-5-7-14-13/h5-10,16H,4H2,1-3H3,(H,14,15). The van der Waals surface area contributed by atoms with Gasteiger partial charge in [-0.15, -0.1) is 0 Å². The summed E-state index contributed by atoms with van der Waals surface area (Å²) in [5, 5.41) is 4.79. The van der Waals surface area contributed by atoms with Crippen molar-refractivity contribution in [3.63, 3.8) is 0 Å². The maximum Gasteiger partial charge on any atom is 0.137 e. The largest absolute Gasteiger partial charge is 0.346 e. The molecule has 2 N–H and O–H groups in total. The molecule has 0 aliphatic rings. The van der Waals surface area contributed by atoms with Gasteiger partial charge in [-0.05, 0) is 38.0 Å². The molecule has 2 atom stereocenters. The molecule has 0 saturated carbocycles. The molecular formula is C13H19N3. The van der Waals surface area contributed by atoms with Crippen molar-refractivity contribution in [2.45, 2.75) is 39.3 Å². The zero-order valence-electron chi connectivity index (χ0n) is 10.1. The first-order chi connectivity index (χ1) is 7.72. The third-order valence-electron chi connectivity index (χ3n) is 3.10. The van der Waals surface area contributed by atoms with Gasteiger partial charge in [0.25, 0.3) is 0 Å².